The Morgan fingerprint density at radius 2 is 2.38 bits per heavy atom. The Kier molecular flexibility index (Phi) is 5.18. The van der Waals surface area contributed by atoms with E-state index in [4.69, 9.17) is 10.8 Å². The number of carbonyl (C=O) groups is 1. The van der Waals surface area contributed by atoms with E-state index in [1.54, 1.807) is 0 Å². The molecule has 0 aromatic heterocycles. The van der Waals surface area contributed by atoms with Crippen LogP contribution in [0.4, 0.5) is 0 Å². The minimum atomic E-state index is -0.765. The SMILES string of the molecule is CN1CCC(CN(C)C(CCN)C(=O)O)C1. The number of nitrogens with zero attached hydrogens (tertiary/aromatic N) is 2. The molecule has 0 aromatic carbocycles. The molecule has 3 N–H and O–H groups in total. The number of carboxylic acids is 1. The van der Waals surface area contributed by atoms with E-state index in [0.29, 0.717) is 18.9 Å². The van der Waals surface area contributed by atoms with Gasteiger partial charge in [0, 0.05) is 13.1 Å². The summed E-state index contributed by atoms with van der Waals surface area (Å²) in [4.78, 5) is 15.3. The fourth-order valence-electron chi connectivity index (χ4n) is 2.40. The van der Waals surface area contributed by atoms with Gasteiger partial charge in [0.25, 0.3) is 0 Å². The molecule has 0 amide bonds. The van der Waals surface area contributed by atoms with Crippen LogP contribution in [0.2, 0.25) is 0 Å². The van der Waals surface area contributed by atoms with E-state index in [1.165, 1.54) is 0 Å². The fourth-order valence-corrected chi connectivity index (χ4v) is 2.40. The predicted molar refractivity (Wildman–Crippen MR) is 63.3 cm³/mol. The Morgan fingerprint density at radius 3 is 2.81 bits per heavy atom. The van der Waals surface area contributed by atoms with Gasteiger partial charge in [-0.05, 0) is 45.9 Å². The lowest BCUT2D eigenvalue weighted by molar-refractivity contribution is -0.143. The number of likely N-dealkylation sites (tertiary alicyclic amines) is 1. The molecule has 2 atom stereocenters. The van der Waals surface area contributed by atoms with Crippen molar-refractivity contribution in [2.75, 3.05) is 40.3 Å². The summed E-state index contributed by atoms with van der Waals surface area (Å²) in [6.45, 7) is 3.46. The number of rotatable bonds is 6. The molecule has 5 nitrogen and oxygen atoms in total. The minimum absolute atomic E-state index is 0.422. The molecule has 0 aromatic rings. The van der Waals surface area contributed by atoms with Crippen LogP contribution in [0.15, 0.2) is 0 Å². The van der Waals surface area contributed by atoms with Gasteiger partial charge in [-0.2, -0.15) is 0 Å². The standard InChI is InChI=1S/C11H23N3O2/c1-13-6-4-9(7-13)8-14(2)10(3-5-12)11(15)16/h9-10H,3-8,12H2,1-2H3,(H,15,16). The molecule has 0 spiro atoms. The van der Waals surface area contributed by atoms with Crippen LogP contribution in [0, 0.1) is 5.92 Å². The van der Waals surface area contributed by atoms with Gasteiger partial charge in [0.1, 0.15) is 6.04 Å². The van der Waals surface area contributed by atoms with Crippen molar-refractivity contribution >= 4 is 5.97 Å². The van der Waals surface area contributed by atoms with Gasteiger partial charge in [0.05, 0.1) is 0 Å². The first-order valence-corrected chi connectivity index (χ1v) is 5.86. The zero-order valence-corrected chi connectivity index (χ0v) is 10.2. The topological polar surface area (TPSA) is 69.8 Å². The number of nitrogens with two attached hydrogens (primary N) is 1. The third-order valence-corrected chi connectivity index (χ3v) is 3.29. The van der Waals surface area contributed by atoms with E-state index in [0.717, 1.165) is 26.1 Å². The maximum atomic E-state index is 11.1. The van der Waals surface area contributed by atoms with Gasteiger partial charge in [0.15, 0.2) is 0 Å². The van der Waals surface area contributed by atoms with Crippen molar-refractivity contribution in [3.63, 3.8) is 0 Å². The molecule has 1 aliphatic rings. The third kappa shape index (κ3) is 3.73. The summed E-state index contributed by atoms with van der Waals surface area (Å²) >= 11 is 0. The normalized spacial score (nSPS) is 23.9. The largest absolute Gasteiger partial charge is 0.480 e. The second-order valence-corrected chi connectivity index (χ2v) is 4.79. The van der Waals surface area contributed by atoms with Crippen molar-refractivity contribution in [2.24, 2.45) is 11.7 Å². The molecule has 0 saturated carbocycles. The van der Waals surface area contributed by atoms with Crippen molar-refractivity contribution in [3.05, 3.63) is 0 Å². The Bertz CT molecular complexity index is 235. The van der Waals surface area contributed by atoms with Crippen LogP contribution in [-0.4, -0.2) is 67.2 Å². The monoisotopic (exact) mass is 229 g/mol. The molecular weight excluding hydrogens is 206 g/mol. The minimum Gasteiger partial charge on any atom is -0.480 e. The van der Waals surface area contributed by atoms with Gasteiger partial charge >= 0.3 is 5.97 Å². The number of hydrogen-bond acceptors (Lipinski definition) is 4. The van der Waals surface area contributed by atoms with Crippen LogP contribution in [-0.2, 0) is 4.79 Å². The second kappa shape index (κ2) is 6.18. The molecule has 5 heteroatoms. The lowest BCUT2D eigenvalue weighted by atomic mass is 10.1. The predicted octanol–water partition coefficient (Wildman–Crippen LogP) is -0.328. The highest BCUT2D eigenvalue weighted by Crippen LogP contribution is 2.16. The molecule has 1 saturated heterocycles. The van der Waals surface area contributed by atoms with E-state index in [1.807, 2.05) is 11.9 Å². The first-order valence-electron chi connectivity index (χ1n) is 5.86. The molecule has 1 heterocycles. The van der Waals surface area contributed by atoms with Crippen LogP contribution < -0.4 is 5.73 Å². The number of aliphatic carboxylic acids is 1. The Balaban J connectivity index is 2.42. The third-order valence-electron chi connectivity index (χ3n) is 3.29. The lowest BCUT2D eigenvalue weighted by Gasteiger charge is -2.26. The van der Waals surface area contributed by atoms with E-state index in [2.05, 4.69) is 11.9 Å². The summed E-state index contributed by atoms with van der Waals surface area (Å²) in [6.07, 6.45) is 1.68. The van der Waals surface area contributed by atoms with Crippen molar-refractivity contribution in [2.45, 2.75) is 18.9 Å². The summed E-state index contributed by atoms with van der Waals surface area (Å²) in [5.74, 6) is -0.172. The molecule has 0 bridgehead atoms. The van der Waals surface area contributed by atoms with Gasteiger partial charge in [-0.15, -0.1) is 0 Å². The summed E-state index contributed by atoms with van der Waals surface area (Å²) < 4.78 is 0. The maximum Gasteiger partial charge on any atom is 0.320 e. The highest BCUT2D eigenvalue weighted by atomic mass is 16.4. The van der Waals surface area contributed by atoms with Gasteiger partial charge in [-0.25, -0.2) is 0 Å². The summed E-state index contributed by atoms with van der Waals surface area (Å²) in [6, 6.07) is -0.434. The summed E-state index contributed by atoms with van der Waals surface area (Å²) in [7, 11) is 3.99. The number of likely N-dealkylation sites (N-methyl/N-ethyl adjacent to an activating group) is 1. The molecule has 1 fully saturated rings. The van der Waals surface area contributed by atoms with Crippen molar-refractivity contribution in [1.82, 2.24) is 9.80 Å². The van der Waals surface area contributed by atoms with Gasteiger partial charge < -0.3 is 15.7 Å². The van der Waals surface area contributed by atoms with Crippen molar-refractivity contribution < 1.29 is 9.90 Å². The van der Waals surface area contributed by atoms with Crippen molar-refractivity contribution in [3.8, 4) is 0 Å². The smallest absolute Gasteiger partial charge is 0.320 e. The Labute approximate surface area is 97.2 Å². The van der Waals surface area contributed by atoms with Gasteiger partial charge in [-0.1, -0.05) is 0 Å². The molecule has 94 valence electrons. The first kappa shape index (κ1) is 13.4. The zero-order valence-electron chi connectivity index (χ0n) is 10.2. The number of hydrogen-bond donors (Lipinski definition) is 2. The molecule has 1 aliphatic heterocycles. The molecule has 0 radical (unpaired) electrons. The van der Waals surface area contributed by atoms with Gasteiger partial charge in [0.2, 0.25) is 0 Å². The lowest BCUT2D eigenvalue weighted by Crippen LogP contribution is -2.42. The van der Waals surface area contributed by atoms with E-state index in [-0.39, 0.29) is 0 Å². The number of carboxylic acid groups (broad SMARTS) is 1. The first-order chi connectivity index (χ1) is 7.54. The Morgan fingerprint density at radius 1 is 1.69 bits per heavy atom. The second-order valence-electron chi connectivity index (χ2n) is 4.79. The van der Waals surface area contributed by atoms with Crippen LogP contribution >= 0.6 is 0 Å². The molecule has 2 unspecified atom stereocenters. The Hall–Kier alpha value is -0.650. The quantitative estimate of drug-likeness (QED) is 0.653. The van der Waals surface area contributed by atoms with Crippen LogP contribution in [0.25, 0.3) is 0 Å². The summed E-state index contributed by atoms with van der Waals surface area (Å²) in [5.41, 5.74) is 5.44. The van der Waals surface area contributed by atoms with Crippen molar-refractivity contribution in [1.29, 1.82) is 0 Å². The average Bonchev–Trinajstić information content (AvgIpc) is 2.59. The highest BCUT2D eigenvalue weighted by Gasteiger charge is 2.26. The molecule has 16 heavy (non-hydrogen) atoms. The van der Waals surface area contributed by atoms with E-state index >= 15 is 0 Å². The maximum absolute atomic E-state index is 11.1. The van der Waals surface area contributed by atoms with Crippen LogP contribution in [0.1, 0.15) is 12.8 Å². The average molecular weight is 229 g/mol. The molecule has 0 aliphatic carbocycles. The summed E-state index contributed by atoms with van der Waals surface area (Å²) in [5, 5.41) is 9.09. The fraction of sp³-hybridized carbons (Fsp3) is 0.909. The molecule has 1 rings (SSSR count). The van der Waals surface area contributed by atoms with E-state index < -0.39 is 12.0 Å². The van der Waals surface area contributed by atoms with Gasteiger partial charge in [-0.3, -0.25) is 9.69 Å². The highest BCUT2D eigenvalue weighted by molar-refractivity contribution is 5.73. The molecular formula is C11H23N3O2. The van der Waals surface area contributed by atoms with Crippen LogP contribution in [0.5, 0.6) is 0 Å². The zero-order chi connectivity index (χ0) is 12.1. The van der Waals surface area contributed by atoms with E-state index in [9.17, 15) is 4.79 Å². The van der Waals surface area contributed by atoms with Crippen LogP contribution in [0.3, 0.4) is 0 Å².